The van der Waals surface area contributed by atoms with Crippen LogP contribution >= 0.6 is 0 Å². The van der Waals surface area contributed by atoms with E-state index in [0.29, 0.717) is 24.3 Å². The van der Waals surface area contributed by atoms with Gasteiger partial charge in [-0.2, -0.15) is 0 Å². The average Bonchev–Trinajstić information content (AvgIpc) is 2.98. The van der Waals surface area contributed by atoms with E-state index in [-0.39, 0.29) is 11.8 Å². The molecular weight excluding hydrogens is 376 g/mol. The lowest BCUT2D eigenvalue weighted by Crippen LogP contribution is -2.46. The minimum Gasteiger partial charge on any atom is -0.497 e. The molecular formula is C21H24N2O6. The largest absolute Gasteiger partial charge is 0.497 e. The van der Waals surface area contributed by atoms with Gasteiger partial charge < -0.3 is 14.8 Å². The molecule has 1 aliphatic carbocycles. The third-order valence-corrected chi connectivity index (χ3v) is 5.29. The number of esters is 1. The molecule has 0 bridgehead atoms. The van der Waals surface area contributed by atoms with Gasteiger partial charge in [0.15, 0.2) is 6.10 Å². The number of hydrogen-bond donors (Lipinski definition) is 1. The van der Waals surface area contributed by atoms with Crippen LogP contribution in [0, 0.1) is 11.8 Å². The first-order valence-corrected chi connectivity index (χ1v) is 9.50. The quantitative estimate of drug-likeness (QED) is 0.445. The van der Waals surface area contributed by atoms with E-state index in [9.17, 15) is 19.2 Å². The number of allylic oxidation sites excluding steroid dienone is 2. The second-order valence-electron chi connectivity index (χ2n) is 7.18. The third kappa shape index (κ3) is 4.16. The zero-order valence-electron chi connectivity index (χ0n) is 16.6. The summed E-state index contributed by atoms with van der Waals surface area (Å²) < 4.78 is 10.3. The van der Waals surface area contributed by atoms with Gasteiger partial charge in [0.2, 0.25) is 11.8 Å². The highest BCUT2D eigenvalue weighted by molar-refractivity contribution is 6.08. The fourth-order valence-corrected chi connectivity index (χ4v) is 3.56. The molecule has 1 aromatic carbocycles. The van der Waals surface area contributed by atoms with Crippen molar-refractivity contribution in [3.05, 3.63) is 36.4 Å². The minimum atomic E-state index is -1.09. The molecule has 0 spiro atoms. The molecule has 3 rings (SSSR count). The number of nitrogens with one attached hydrogen (secondary N) is 1. The number of benzene rings is 1. The van der Waals surface area contributed by atoms with Gasteiger partial charge in [-0.15, -0.1) is 0 Å². The van der Waals surface area contributed by atoms with Crippen LogP contribution in [0.25, 0.3) is 0 Å². The van der Waals surface area contributed by atoms with Crippen molar-refractivity contribution in [3.63, 3.8) is 0 Å². The van der Waals surface area contributed by atoms with Crippen LogP contribution in [0.4, 0.5) is 5.69 Å². The Hall–Kier alpha value is -3.16. The molecule has 1 N–H and O–H groups in total. The number of ether oxygens (including phenoxy) is 2. The summed E-state index contributed by atoms with van der Waals surface area (Å²) in [6.45, 7) is 2.87. The van der Waals surface area contributed by atoms with Crippen LogP contribution in [-0.4, -0.2) is 47.8 Å². The van der Waals surface area contributed by atoms with Crippen LogP contribution in [0.3, 0.4) is 0 Å². The molecule has 4 atom stereocenters. The lowest BCUT2D eigenvalue weighted by atomic mass is 9.85. The van der Waals surface area contributed by atoms with Crippen molar-refractivity contribution in [3.8, 4) is 5.75 Å². The van der Waals surface area contributed by atoms with Gasteiger partial charge in [-0.1, -0.05) is 12.2 Å². The summed E-state index contributed by atoms with van der Waals surface area (Å²) in [6, 6.07) is 5.61. The van der Waals surface area contributed by atoms with Gasteiger partial charge in [-0.25, -0.2) is 4.79 Å². The fraction of sp³-hybridized carbons (Fsp3) is 0.429. The molecule has 1 fully saturated rings. The fourth-order valence-electron chi connectivity index (χ4n) is 3.56. The number of imide groups is 1. The zero-order chi connectivity index (χ0) is 21.1. The molecule has 0 aromatic heterocycles. The van der Waals surface area contributed by atoms with Gasteiger partial charge in [0, 0.05) is 5.69 Å². The summed E-state index contributed by atoms with van der Waals surface area (Å²) in [6.07, 6.45) is 3.65. The van der Waals surface area contributed by atoms with Crippen LogP contribution in [-0.2, 0) is 23.9 Å². The van der Waals surface area contributed by atoms with E-state index in [4.69, 9.17) is 9.47 Å². The molecule has 1 heterocycles. The van der Waals surface area contributed by atoms with Crippen LogP contribution in [0.15, 0.2) is 36.4 Å². The predicted molar refractivity (Wildman–Crippen MR) is 104 cm³/mol. The van der Waals surface area contributed by atoms with Crippen molar-refractivity contribution >= 4 is 29.4 Å². The lowest BCUT2D eigenvalue weighted by molar-refractivity contribution is -0.163. The number of methoxy groups -OCH3 is 1. The molecule has 0 saturated carbocycles. The number of nitrogens with zero attached hydrogens (tertiary/aromatic N) is 1. The Morgan fingerprint density at radius 2 is 1.59 bits per heavy atom. The van der Waals surface area contributed by atoms with Crippen molar-refractivity contribution in [1.82, 2.24) is 4.90 Å². The second-order valence-corrected chi connectivity index (χ2v) is 7.18. The summed E-state index contributed by atoms with van der Waals surface area (Å²) in [5, 5.41) is 2.64. The van der Waals surface area contributed by atoms with Crippen molar-refractivity contribution in [2.45, 2.75) is 38.8 Å². The van der Waals surface area contributed by atoms with E-state index < -0.39 is 35.9 Å². The smallest absolute Gasteiger partial charge is 0.329 e. The highest BCUT2D eigenvalue weighted by Crippen LogP contribution is 2.36. The monoisotopic (exact) mass is 400 g/mol. The van der Waals surface area contributed by atoms with Crippen LogP contribution < -0.4 is 10.1 Å². The van der Waals surface area contributed by atoms with Gasteiger partial charge in [0.1, 0.15) is 11.8 Å². The number of rotatable bonds is 6. The molecule has 1 aromatic rings. The maximum atomic E-state index is 12.6. The number of amides is 3. The van der Waals surface area contributed by atoms with E-state index >= 15 is 0 Å². The number of fused-ring (bicyclic) bond motifs is 1. The van der Waals surface area contributed by atoms with E-state index in [1.165, 1.54) is 21.0 Å². The Labute approximate surface area is 168 Å². The molecule has 0 unspecified atom stereocenters. The number of hydrogen-bond acceptors (Lipinski definition) is 6. The Morgan fingerprint density at radius 3 is 2.10 bits per heavy atom. The molecule has 8 nitrogen and oxygen atoms in total. The summed E-state index contributed by atoms with van der Waals surface area (Å²) in [5.41, 5.74) is 0.522. The Balaban J connectivity index is 1.59. The predicted octanol–water partition coefficient (Wildman–Crippen LogP) is 1.91. The number of carbonyl (C=O) groups is 4. The van der Waals surface area contributed by atoms with Gasteiger partial charge in [-0.3, -0.25) is 19.3 Å². The van der Waals surface area contributed by atoms with Crippen LogP contribution in [0.2, 0.25) is 0 Å². The highest BCUT2D eigenvalue weighted by Gasteiger charge is 2.50. The van der Waals surface area contributed by atoms with Gasteiger partial charge in [0.05, 0.1) is 18.9 Å². The molecule has 8 heteroatoms. The summed E-state index contributed by atoms with van der Waals surface area (Å²) in [4.78, 5) is 51.0. The maximum absolute atomic E-state index is 12.6. The first-order valence-electron chi connectivity index (χ1n) is 9.50. The minimum absolute atomic E-state index is 0.357. The topological polar surface area (TPSA) is 102 Å². The second kappa shape index (κ2) is 8.46. The molecule has 1 aliphatic heterocycles. The summed E-state index contributed by atoms with van der Waals surface area (Å²) in [5.74, 6) is -2.22. The van der Waals surface area contributed by atoms with Gasteiger partial charge in [-0.05, 0) is 51.0 Å². The van der Waals surface area contributed by atoms with Crippen LogP contribution in [0.1, 0.15) is 26.7 Å². The number of carbonyl (C=O) groups excluding carboxylic acids is 4. The van der Waals surface area contributed by atoms with Crippen molar-refractivity contribution in [2.24, 2.45) is 11.8 Å². The standard InChI is InChI=1S/C21H24N2O6/c1-12(23-19(25)16-6-4-5-7-17(16)20(23)26)21(27)29-13(2)18(24)22-14-8-10-15(28-3)11-9-14/h4-5,8-13,16-17H,6-7H2,1-3H3,(H,22,24)/t12-,13+,16-,17+/m0/s1. The molecule has 1 saturated heterocycles. The Morgan fingerprint density at radius 1 is 1.03 bits per heavy atom. The molecule has 3 amide bonds. The Kier molecular flexibility index (Phi) is 6.00. The SMILES string of the molecule is COc1ccc(NC(=O)[C@@H](C)OC(=O)[C@H](C)N2C(=O)[C@H]3CC=CC[C@H]3C2=O)cc1. The van der Waals surface area contributed by atoms with Gasteiger partial charge in [0.25, 0.3) is 5.91 Å². The lowest BCUT2D eigenvalue weighted by Gasteiger charge is -2.23. The number of anilines is 1. The maximum Gasteiger partial charge on any atom is 0.329 e. The Bertz CT molecular complexity index is 821. The molecule has 0 radical (unpaired) electrons. The van der Waals surface area contributed by atoms with Crippen molar-refractivity contribution in [1.29, 1.82) is 0 Å². The van der Waals surface area contributed by atoms with E-state index in [1.807, 2.05) is 12.2 Å². The van der Waals surface area contributed by atoms with Gasteiger partial charge >= 0.3 is 5.97 Å². The first-order chi connectivity index (χ1) is 13.8. The van der Waals surface area contributed by atoms with Crippen molar-refractivity contribution in [2.75, 3.05) is 12.4 Å². The molecule has 2 aliphatic rings. The average molecular weight is 400 g/mol. The number of likely N-dealkylation sites (tertiary alicyclic amines) is 1. The summed E-state index contributed by atoms with van der Waals surface area (Å²) >= 11 is 0. The third-order valence-electron chi connectivity index (χ3n) is 5.29. The van der Waals surface area contributed by atoms with E-state index in [1.54, 1.807) is 24.3 Å². The van der Waals surface area contributed by atoms with Crippen molar-refractivity contribution < 1.29 is 28.7 Å². The van der Waals surface area contributed by atoms with Crippen LogP contribution in [0.5, 0.6) is 5.75 Å². The molecule has 154 valence electrons. The van der Waals surface area contributed by atoms with E-state index in [2.05, 4.69) is 5.32 Å². The normalized spacial score (nSPS) is 22.7. The summed E-state index contributed by atoms with van der Waals surface area (Å²) in [7, 11) is 1.54. The zero-order valence-corrected chi connectivity index (χ0v) is 16.6. The first kappa shape index (κ1) is 20.6. The van der Waals surface area contributed by atoms with E-state index in [0.717, 1.165) is 4.90 Å². The highest BCUT2D eigenvalue weighted by atomic mass is 16.5. The molecule has 29 heavy (non-hydrogen) atoms.